The summed E-state index contributed by atoms with van der Waals surface area (Å²) in [6.45, 7) is 2.59. The van der Waals surface area contributed by atoms with E-state index in [9.17, 15) is 18.0 Å². The molecule has 134 valence electrons. The van der Waals surface area contributed by atoms with Crippen LogP contribution in [0.4, 0.5) is 19.0 Å². The number of alkyl halides is 3. The largest absolute Gasteiger partial charge is 0.389 e. The Balaban J connectivity index is 1.74. The first-order valence-electron chi connectivity index (χ1n) is 7.99. The Morgan fingerprint density at radius 3 is 2.88 bits per heavy atom. The molecule has 0 aliphatic carbocycles. The molecule has 0 bridgehead atoms. The normalized spacial score (nSPS) is 12.2. The van der Waals surface area contributed by atoms with Gasteiger partial charge in [0.1, 0.15) is 4.83 Å². The van der Waals surface area contributed by atoms with Gasteiger partial charge in [-0.05, 0) is 31.9 Å². The molecule has 1 amide bonds. The second kappa shape index (κ2) is 6.99. The van der Waals surface area contributed by atoms with Crippen molar-refractivity contribution in [2.75, 3.05) is 5.32 Å². The first-order valence-corrected chi connectivity index (χ1v) is 8.81. The van der Waals surface area contributed by atoms with Crippen molar-refractivity contribution in [1.29, 1.82) is 0 Å². The van der Waals surface area contributed by atoms with Gasteiger partial charge in [0.2, 0.25) is 5.91 Å². The smallest absolute Gasteiger partial charge is 0.308 e. The number of halogens is 3. The number of unbranched alkanes of at least 4 members (excludes halogenated alkanes) is 1. The zero-order chi connectivity index (χ0) is 18.0. The molecule has 9 heteroatoms. The van der Waals surface area contributed by atoms with Crippen LogP contribution in [-0.2, 0) is 11.3 Å². The number of carbonyl (C=O) groups is 1. The maximum absolute atomic E-state index is 12.1. The van der Waals surface area contributed by atoms with E-state index in [0.29, 0.717) is 12.4 Å². The molecule has 5 nitrogen and oxygen atoms in total. The van der Waals surface area contributed by atoms with Crippen LogP contribution < -0.4 is 5.32 Å². The molecule has 0 aliphatic rings. The minimum atomic E-state index is -4.17. The van der Waals surface area contributed by atoms with Crippen molar-refractivity contribution in [2.24, 2.45) is 0 Å². The summed E-state index contributed by atoms with van der Waals surface area (Å²) >= 11 is 1.44. The third-order valence-corrected chi connectivity index (χ3v) is 4.91. The average Bonchev–Trinajstić information content (AvgIpc) is 3.08. The molecular weight excluding hydrogens is 353 g/mol. The number of anilines is 1. The second-order valence-corrected chi connectivity index (χ2v) is 6.67. The molecule has 0 fully saturated rings. The topological polar surface area (TPSA) is 59.8 Å². The second-order valence-electron chi connectivity index (χ2n) is 5.67. The minimum Gasteiger partial charge on any atom is -0.308 e. The number of pyridine rings is 1. The Morgan fingerprint density at radius 1 is 1.36 bits per heavy atom. The van der Waals surface area contributed by atoms with Crippen molar-refractivity contribution >= 4 is 43.5 Å². The molecule has 0 aromatic carbocycles. The van der Waals surface area contributed by atoms with Crippen LogP contribution in [0, 0.1) is 0 Å². The third-order valence-electron chi connectivity index (χ3n) is 3.81. The molecule has 1 N–H and O–H groups in total. The van der Waals surface area contributed by atoms with E-state index in [-0.39, 0.29) is 25.2 Å². The lowest BCUT2D eigenvalue weighted by atomic mass is 10.2. The molecule has 0 saturated carbocycles. The zero-order valence-electron chi connectivity index (χ0n) is 13.6. The quantitative estimate of drug-likeness (QED) is 0.638. The van der Waals surface area contributed by atoms with Crippen molar-refractivity contribution in [3.8, 4) is 0 Å². The van der Waals surface area contributed by atoms with E-state index in [0.717, 1.165) is 20.4 Å². The van der Waals surface area contributed by atoms with Crippen LogP contribution >= 0.6 is 11.3 Å². The number of hydrogen-bond donors (Lipinski definition) is 1. The highest BCUT2D eigenvalue weighted by molar-refractivity contribution is 7.26. The Morgan fingerprint density at radius 2 is 2.16 bits per heavy atom. The van der Waals surface area contributed by atoms with Gasteiger partial charge < -0.3 is 5.32 Å². The van der Waals surface area contributed by atoms with Crippen LogP contribution in [0.25, 0.3) is 20.4 Å². The number of carbonyl (C=O) groups excluding carboxylic acids is 1. The number of hydrogen-bond acceptors (Lipinski definition) is 4. The summed E-state index contributed by atoms with van der Waals surface area (Å²) in [7, 11) is 0. The van der Waals surface area contributed by atoms with Crippen molar-refractivity contribution in [2.45, 2.75) is 45.3 Å². The molecular formula is C16H17F3N4OS. The van der Waals surface area contributed by atoms with E-state index in [4.69, 9.17) is 0 Å². The number of amides is 1. The Labute approximate surface area is 145 Å². The first-order chi connectivity index (χ1) is 11.9. The molecule has 0 atom stereocenters. The summed E-state index contributed by atoms with van der Waals surface area (Å²) in [4.78, 5) is 17.2. The third kappa shape index (κ3) is 3.92. The first kappa shape index (κ1) is 17.7. The van der Waals surface area contributed by atoms with Gasteiger partial charge in [-0.1, -0.05) is 0 Å². The predicted molar refractivity (Wildman–Crippen MR) is 91.7 cm³/mol. The van der Waals surface area contributed by atoms with Gasteiger partial charge in [0, 0.05) is 31.0 Å². The lowest BCUT2D eigenvalue weighted by Crippen LogP contribution is -2.13. The summed E-state index contributed by atoms with van der Waals surface area (Å²) < 4.78 is 39.0. The van der Waals surface area contributed by atoms with Gasteiger partial charge in [-0.25, -0.2) is 4.98 Å². The molecule has 0 saturated heterocycles. The van der Waals surface area contributed by atoms with Gasteiger partial charge in [-0.15, -0.1) is 11.3 Å². The molecule has 3 rings (SSSR count). The highest BCUT2D eigenvalue weighted by Gasteiger charge is 2.26. The van der Waals surface area contributed by atoms with E-state index in [1.54, 1.807) is 10.9 Å². The molecule has 0 aliphatic heterocycles. The maximum atomic E-state index is 12.1. The van der Waals surface area contributed by atoms with E-state index in [1.807, 2.05) is 19.1 Å². The van der Waals surface area contributed by atoms with Crippen LogP contribution in [-0.4, -0.2) is 26.8 Å². The summed E-state index contributed by atoms with van der Waals surface area (Å²) in [5.74, 6) is 0.121. The Bertz CT molecular complexity index is 900. The number of nitrogens with one attached hydrogen (secondary N) is 1. The Hall–Kier alpha value is -2.16. The highest BCUT2D eigenvalue weighted by Crippen LogP contribution is 2.37. The molecule has 0 spiro atoms. The number of fused-ring (bicyclic) bond motifs is 3. The summed E-state index contributed by atoms with van der Waals surface area (Å²) in [6.07, 6.45) is -3.15. The van der Waals surface area contributed by atoms with Crippen molar-refractivity contribution in [3.05, 3.63) is 18.3 Å². The van der Waals surface area contributed by atoms with Gasteiger partial charge in [0.15, 0.2) is 5.82 Å². The fourth-order valence-electron chi connectivity index (χ4n) is 2.67. The monoisotopic (exact) mass is 370 g/mol. The lowest BCUT2D eigenvalue weighted by Gasteiger charge is -2.05. The average molecular weight is 370 g/mol. The standard InChI is InChI=1S/C16H17F3N4OS/c1-2-23-12-10-6-5-9-20-15(10)25-13(12)14(22-23)21-11(24)7-3-4-8-16(17,18)19/h5-6,9H,2-4,7-8H2,1H3,(H,21,22,24). The van der Waals surface area contributed by atoms with E-state index in [2.05, 4.69) is 15.4 Å². The SMILES string of the molecule is CCn1nc(NC(=O)CCCCC(F)(F)F)c2sc3ncccc3c21. The number of rotatable bonds is 6. The van der Waals surface area contributed by atoms with E-state index >= 15 is 0 Å². The minimum absolute atomic E-state index is 0.0414. The van der Waals surface area contributed by atoms with Crippen molar-refractivity contribution in [1.82, 2.24) is 14.8 Å². The zero-order valence-corrected chi connectivity index (χ0v) is 14.4. The Kier molecular flexibility index (Phi) is 4.94. The van der Waals surface area contributed by atoms with Crippen LogP contribution in [0.3, 0.4) is 0 Å². The van der Waals surface area contributed by atoms with Gasteiger partial charge in [0.25, 0.3) is 0 Å². The predicted octanol–water partition coefficient (Wildman–Crippen LogP) is 4.73. The lowest BCUT2D eigenvalue weighted by molar-refractivity contribution is -0.136. The number of thiophene rings is 1. The molecule has 0 unspecified atom stereocenters. The van der Waals surface area contributed by atoms with Gasteiger partial charge >= 0.3 is 6.18 Å². The fourth-order valence-corrected chi connectivity index (χ4v) is 3.75. The summed E-state index contributed by atoms with van der Waals surface area (Å²) in [5, 5.41) is 8.12. The summed E-state index contributed by atoms with van der Waals surface area (Å²) in [5.41, 5.74) is 0.919. The summed E-state index contributed by atoms with van der Waals surface area (Å²) in [6, 6.07) is 3.80. The van der Waals surface area contributed by atoms with Crippen LogP contribution in [0.15, 0.2) is 18.3 Å². The van der Waals surface area contributed by atoms with Crippen LogP contribution in [0.2, 0.25) is 0 Å². The maximum Gasteiger partial charge on any atom is 0.389 e. The highest BCUT2D eigenvalue weighted by atomic mass is 32.1. The van der Waals surface area contributed by atoms with Gasteiger partial charge in [0.05, 0.1) is 10.2 Å². The van der Waals surface area contributed by atoms with Crippen LogP contribution in [0.1, 0.15) is 32.6 Å². The molecule has 3 heterocycles. The van der Waals surface area contributed by atoms with E-state index in [1.165, 1.54) is 11.3 Å². The van der Waals surface area contributed by atoms with Crippen molar-refractivity contribution < 1.29 is 18.0 Å². The number of nitrogens with zero attached hydrogens (tertiary/aromatic N) is 3. The molecule has 25 heavy (non-hydrogen) atoms. The number of aromatic nitrogens is 3. The van der Waals surface area contributed by atoms with Crippen LogP contribution in [0.5, 0.6) is 0 Å². The molecule has 3 aromatic heterocycles. The molecule has 0 radical (unpaired) electrons. The van der Waals surface area contributed by atoms with Gasteiger partial charge in [-0.3, -0.25) is 9.48 Å². The molecule has 3 aromatic rings. The fraction of sp³-hybridized carbons (Fsp3) is 0.438. The van der Waals surface area contributed by atoms with Gasteiger partial charge in [-0.2, -0.15) is 18.3 Å². The number of aryl methyl sites for hydroxylation is 1. The van der Waals surface area contributed by atoms with E-state index < -0.39 is 12.6 Å². The van der Waals surface area contributed by atoms with Crippen molar-refractivity contribution in [3.63, 3.8) is 0 Å².